The molecule has 0 heterocycles. The first-order chi connectivity index (χ1) is 8.06. The Bertz CT molecular complexity index is 547. The van der Waals surface area contributed by atoms with Crippen molar-refractivity contribution in [2.45, 2.75) is 20.8 Å². The van der Waals surface area contributed by atoms with Gasteiger partial charge in [-0.15, -0.1) is 0 Å². The Hall–Kier alpha value is -1.89. The fourth-order valence-electron chi connectivity index (χ4n) is 2.06. The van der Waals surface area contributed by atoms with Crippen molar-refractivity contribution in [3.63, 3.8) is 0 Å². The number of hydrogen-bond donors (Lipinski definition) is 0. The minimum Gasteiger partial charge on any atom is -0.289 e. The molecule has 0 N–H and O–H groups in total. The van der Waals surface area contributed by atoms with Gasteiger partial charge >= 0.3 is 0 Å². The van der Waals surface area contributed by atoms with Crippen molar-refractivity contribution in [2.75, 3.05) is 0 Å². The summed E-state index contributed by atoms with van der Waals surface area (Å²) in [6.07, 6.45) is 0. The van der Waals surface area contributed by atoms with Gasteiger partial charge in [0.25, 0.3) is 0 Å². The van der Waals surface area contributed by atoms with E-state index in [1.54, 1.807) is 0 Å². The molecule has 1 heteroatoms. The fourth-order valence-corrected chi connectivity index (χ4v) is 2.06. The SMILES string of the molecule is Cc1cccc(C(=O)c2cc(C)cc(C)c2)c1. The minimum absolute atomic E-state index is 0.0977. The van der Waals surface area contributed by atoms with Gasteiger partial charge in [-0.3, -0.25) is 4.79 Å². The zero-order valence-corrected chi connectivity index (χ0v) is 10.4. The Kier molecular flexibility index (Phi) is 3.10. The van der Waals surface area contributed by atoms with Crippen molar-refractivity contribution < 1.29 is 4.79 Å². The number of carbonyl (C=O) groups is 1. The summed E-state index contributed by atoms with van der Waals surface area (Å²) in [5.74, 6) is 0.0977. The molecule has 0 aliphatic carbocycles. The molecule has 17 heavy (non-hydrogen) atoms. The Morgan fingerprint density at radius 1 is 0.765 bits per heavy atom. The highest BCUT2D eigenvalue weighted by Gasteiger charge is 2.09. The fraction of sp³-hybridized carbons (Fsp3) is 0.188. The Morgan fingerprint density at radius 2 is 1.35 bits per heavy atom. The number of ketones is 1. The highest BCUT2D eigenvalue weighted by Crippen LogP contribution is 2.14. The average Bonchev–Trinajstić information content (AvgIpc) is 2.26. The molecule has 0 fully saturated rings. The maximum atomic E-state index is 12.3. The van der Waals surface area contributed by atoms with E-state index >= 15 is 0 Å². The summed E-state index contributed by atoms with van der Waals surface area (Å²) >= 11 is 0. The highest BCUT2D eigenvalue weighted by molar-refractivity contribution is 6.09. The van der Waals surface area contributed by atoms with Gasteiger partial charge in [-0.05, 0) is 39.0 Å². The molecule has 0 spiro atoms. The summed E-state index contributed by atoms with van der Waals surface area (Å²) in [5, 5.41) is 0. The first-order valence-electron chi connectivity index (χ1n) is 5.76. The second-order valence-corrected chi connectivity index (χ2v) is 4.57. The Morgan fingerprint density at radius 3 is 1.94 bits per heavy atom. The normalized spacial score (nSPS) is 10.3. The van der Waals surface area contributed by atoms with Crippen LogP contribution in [0.3, 0.4) is 0 Å². The number of hydrogen-bond acceptors (Lipinski definition) is 1. The Balaban J connectivity index is 2.43. The van der Waals surface area contributed by atoms with Crippen LogP contribution < -0.4 is 0 Å². The minimum atomic E-state index is 0.0977. The molecule has 0 aliphatic rings. The largest absolute Gasteiger partial charge is 0.289 e. The quantitative estimate of drug-likeness (QED) is 0.708. The number of rotatable bonds is 2. The molecule has 0 radical (unpaired) electrons. The number of aryl methyl sites for hydroxylation is 3. The van der Waals surface area contributed by atoms with E-state index in [9.17, 15) is 4.79 Å². The third-order valence-electron chi connectivity index (χ3n) is 2.76. The second kappa shape index (κ2) is 4.54. The van der Waals surface area contributed by atoms with Crippen molar-refractivity contribution in [3.05, 3.63) is 70.3 Å². The van der Waals surface area contributed by atoms with Gasteiger partial charge in [-0.25, -0.2) is 0 Å². The van der Waals surface area contributed by atoms with E-state index < -0.39 is 0 Å². The van der Waals surface area contributed by atoms with E-state index in [4.69, 9.17) is 0 Å². The van der Waals surface area contributed by atoms with E-state index in [2.05, 4.69) is 6.07 Å². The molecule has 0 atom stereocenters. The topological polar surface area (TPSA) is 17.1 Å². The molecule has 0 aliphatic heterocycles. The van der Waals surface area contributed by atoms with E-state index in [0.29, 0.717) is 0 Å². The van der Waals surface area contributed by atoms with Gasteiger partial charge in [0.1, 0.15) is 0 Å². The molecule has 2 aromatic rings. The summed E-state index contributed by atoms with van der Waals surface area (Å²) in [6.45, 7) is 6.03. The lowest BCUT2D eigenvalue weighted by molar-refractivity contribution is 0.103. The van der Waals surface area contributed by atoms with Crippen LogP contribution in [0.15, 0.2) is 42.5 Å². The van der Waals surface area contributed by atoms with E-state index in [1.165, 1.54) is 0 Å². The van der Waals surface area contributed by atoms with Gasteiger partial charge in [0, 0.05) is 11.1 Å². The summed E-state index contributed by atoms with van der Waals surface area (Å²) in [5.41, 5.74) is 4.89. The summed E-state index contributed by atoms with van der Waals surface area (Å²) < 4.78 is 0. The van der Waals surface area contributed by atoms with Crippen LogP contribution in [0.1, 0.15) is 32.6 Å². The maximum Gasteiger partial charge on any atom is 0.193 e. The molecule has 0 amide bonds. The van der Waals surface area contributed by atoms with Crippen molar-refractivity contribution in [2.24, 2.45) is 0 Å². The molecule has 2 aromatic carbocycles. The highest BCUT2D eigenvalue weighted by atomic mass is 16.1. The predicted molar refractivity (Wildman–Crippen MR) is 70.5 cm³/mol. The summed E-state index contributed by atoms with van der Waals surface area (Å²) in [4.78, 5) is 12.3. The van der Waals surface area contributed by atoms with Gasteiger partial charge in [-0.1, -0.05) is 41.0 Å². The van der Waals surface area contributed by atoms with Crippen LogP contribution in [0.4, 0.5) is 0 Å². The molecular formula is C16H16O. The number of carbonyl (C=O) groups excluding carboxylic acids is 1. The molecule has 2 rings (SSSR count). The third kappa shape index (κ3) is 2.62. The molecule has 86 valence electrons. The molecular weight excluding hydrogens is 208 g/mol. The van der Waals surface area contributed by atoms with Crippen LogP contribution in [0.5, 0.6) is 0 Å². The van der Waals surface area contributed by atoms with Crippen LogP contribution in [0.25, 0.3) is 0 Å². The van der Waals surface area contributed by atoms with E-state index in [1.807, 2.05) is 57.2 Å². The van der Waals surface area contributed by atoms with Crippen LogP contribution in [-0.2, 0) is 0 Å². The predicted octanol–water partition coefficient (Wildman–Crippen LogP) is 3.84. The molecule has 0 bridgehead atoms. The standard InChI is InChI=1S/C16H16O/c1-11-5-4-6-14(8-11)16(17)15-9-12(2)7-13(3)10-15/h4-10H,1-3H3. The van der Waals surface area contributed by atoms with Gasteiger partial charge < -0.3 is 0 Å². The van der Waals surface area contributed by atoms with Crippen LogP contribution >= 0.6 is 0 Å². The molecule has 0 unspecified atom stereocenters. The smallest absolute Gasteiger partial charge is 0.193 e. The van der Waals surface area contributed by atoms with Crippen LogP contribution in [-0.4, -0.2) is 5.78 Å². The van der Waals surface area contributed by atoms with Crippen LogP contribution in [0, 0.1) is 20.8 Å². The zero-order valence-electron chi connectivity index (χ0n) is 10.4. The number of benzene rings is 2. The summed E-state index contributed by atoms with van der Waals surface area (Å²) in [7, 11) is 0. The lowest BCUT2D eigenvalue weighted by Gasteiger charge is -2.05. The van der Waals surface area contributed by atoms with Crippen LogP contribution in [0.2, 0.25) is 0 Å². The monoisotopic (exact) mass is 224 g/mol. The van der Waals surface area contributed by atoms with Gasteiger partial charge in [-0.2, -0.15) is 0 Å². The van der Waals surface area contributed by atoms with Crippen molar-refractivity contribution >= 4 is 5.78 Å². The van der Waals surface area contributed by atoms with Gasteiger partial charge in [0.05, 0.1) is 0 Å². The molecule has 0 saturated heterocycles. The first-order valence-corrected chi connectivity index (χ1v) is 5.76. The lowest BCUT2D eigenvalue weighted by Crippen LogP contribution is -2.02. The van der Waals surface area contributed by atoms with Gasteiger partial charge in [0.2, 0.25) is 0 Å². The van der Waals surface area contributed by atoms with E-state index in [0.717, 1.165) is 27.8 Å². The maximum absolute atomic E-state index is 12.3. The lowest BCUT2D eigenvalue weighted by atomic mass is 9.98. The van der Waals surface area contributed by atoms with Crippen molar-refractivity contribution in [3.8, 4) is 0 Å². The van der Waals surface area contributed by atoms with Gasteiger partial charge in [0.15, 0.2) is 5.78 Å². The molecule has 0 aromatic heterocycles. The zero-order chi connectivity index (χ0) is 12.4. The Labute approximate surface area is 102 Å². The molecule has 0 saturated carbocycles. The first kappa shape index (κ1) is 11.6. The average molecular weight is 224 g/mol. The third-order valence-corrected chi connectivity index (χ3v) is 2.76. The van der Waals surface area contributed by atoms with Crippen molar-refractivity contribution in [1.29, 1.82) is 0 Å². The van der Waals surface area contributed by atoms with Crippen molar-refractivity contribution in [1.82, 2.24) is 0 Å². The second-order valence-electron chi connectivity index (χ2n) is 4.57. The summed E-state index contributed by atoms with van der Waals surface area (Å²) in [6, 6.07) is 13.7. The molecule has 1 nitrogen and oxygen atoms in total. The van der Waals surface area contributed by atoms with E-state index in [-0.39, 0.29) is 5.78 Å².